The van der Waals surface area contributed by atoms with E-state index in [-0.39, 0.29) is 0 Å². The lowest BCUT2D eigenvalue weighted by Crippen LogP contribution is -2.05. The molecule has 0 atom stereocenters. The number of aromatic nitrogens is 5. The van der Waals surface area contributed by atoms with Crippen molar-refractivity contribution < 1.29 is 0 Å². The number of nitrogens with one attached hydrogen (secondary N) is 2. The number of benzene rings is 2. The lowest BCUT2D eigenvalue weighted by molar-refractivity contribution is 0.990. The second kappa shape index (κ2) is 7.52. The molecule has 0 radical (unpaired) electrons. The van der Waals surface area contributed by atoms with E-state index >= 15 is 0 Å². The molecule has 0 spiro atoms. The number of pyridine rings is 1. The smallest absolute Gasteiger partial charge is 0.163 e. The third kappa shape index (κ3) is 3.55. The van der Waals surface area contributed by atoms with Crippen LogP contribution in [0.5, 0.6) is 0 Å². The van der Waals surface area contributed by atoms with E-state index in [1.165, 1.54) is 0 Å². The van der Waals surface area contributed by atoms with E-state index in [1.807, 2.05) is 60.8 Å². The van der Waals surface area contributed by atoms with Gasteiger partial charge in [0.2, 0.25) is 0 Å². The fourth-order valence-corrected chi connectivity index (χ4v) is 3.22. The SMILES string of the molecule is c1ccc(-c2cnc(CNc3nc(-c4cccnc4)nc4ccccc34)[nH]2)cc1. The van der Waals surface area contributed by atoms with Gasteiger partial charge in [0.1, 0.15) is 11.6 Å². The van der Waals surface area contributed by atoms with Crippen molar-refractivity contribution in [3.8, 4) is 22.6 Å². The van der Waals surface area contributed by atoms with Crippen molar-refractivity contribution >= 4 is 16.7 Å². The Bertz CT molecular complexity index is 1250. The molecular formula is C23H18N6. The van der Waals surface area contributed by atoms with Gasteiger partial charge in [0.15, 0.2) is 5.82 Å². The highest BCUT2D eigenvalue weighted by molar-refractivity contribution is 5.90. The van der Waals surface area contributed by atoms with Gasteiger partial charge in [0.05, 0.1) is 24.0 Å². The van der Waals surface area contributed by atoms with Crippen LogP contribution in [0.2, 0.25) is 0 Å². The number of hydrogen-bond donors (Lipinski definition) is 2. The zero-order chi connectivity index (χ0) is 19.5. The molecule has 0 aliphatic rings. The van der Waals surface area contributed by atoms with Gasteiger partial charge in [-0.1, -0.05) is 42.5 Å². The number of para-hydroxylation sites is 1. The minimum atomic E-state index is 0.528. The molecule has 3 aromatic heterocycles. The quantitative estimate of drug-likeness (QED) is 0.464. The topological polar surface area (TPSA) is 79.4 Å². The molecular weight excluding hydrogens is 360 g/mol. The maximum absolute atomic E-state index is 4.75. The second-order valence-electron chi connectivity index (χ2n) is 6.62. The average Bonchev–Trinajstić information content (AvgIpc) is 3.27. The molecule has 6 nitrogen and oxygen atoms in total. The maximum atomic E-state index is 4.75. The molecule has 0 aliphatic heterocycles. The van der Waals surface area contributed by atoms with E-state index in [0.717, 1.165) is 39.4 Å². The summed E-state index contributed by atoms with van der Waals surface area (Å²) < 4.78 is 0. The predicted molar refractivity (Wildman–Crippen MR) is 114 cm³/mol. The molecule has 0 unspecified atom stereocenters. The molecule has 0 saturated carbocycles. The van der Waals surface area contributed by atoms with E-state index in [4.69, 9.17) is 9.97 Å². The molecule has 0 amide bonds. The third-order valence-electron chi connectivity index (χ3n) is 4.66. The molecule has 5 aromatic rings. The van der Waals surface area contributed by atoms with Crippen molar-refractivity contribution in [1.82, 2.24) is 24.9 Å². The molecule has 140 valence electrons. The fourth-order valence-electron chi connectivity index (χ4n) is 3.22. The van der Waals surface area contributed by atoms with Gasteiger partial charge in [0, 0.05) is 23.3 Å². The van der Waals surface area contributed by atoms with E-state index in [0.29, 0.717) is 12.4 Å². The Hall–Kier alpha value is -4.06. The summed E-state index contributed by atoms with van der Waals surface area (Å²) in [4.78, 5) is 21.5. The van der Waals surface area contributed by atoms with Crippen LogP contribution in [-0.4, -0.2) is 24.9 Å². The van der Waals surface area contributed by atoms with Gasteiger partial charge < -0.3 is 10.3 Å². The monoisotopic (exact) mass is 378 g/mol. The Kier molecular flexibility index (Phi) is 4.42. The van der Waals surface area contributed by atoms with Gasteiger partial charge in [-0.15, -0.1) is 0 Å². The fraction of sp³-hybridized carbons (Fsp3) is 0.0435. The molecule has 6 heteroatoms. The lowest BCUT2D eigenvalue weighted by Gasteiger charge is -2.10. The summed E-state index contributed by atoms with van der Waals surface area (Å²) in [5.74, 6) is 2.25. The summed E-state index contributed by atoms with van der Waals surface area (Å²) in [6.07, 6.45) is 5.36. The molecule has 0 fully saturated rings. The first-order chi connectivity index (χ1) is 14.4. The minimum Gasteiger partial charge on any atom is -0.362 e. The first-order valence-electron chi connectivity index (χ1n) is 9.37. The number of anilines is 1. The standard InChI is InChI=1S/C23H18N6/c1-2-7-16(8-3-1)20-14-25-21(27-20)15-26-23-18-10-4-5-11-19(18)28-22(29-23)17-9-6-12-24-13-17/h1-14H,15H2,(H,25,27)(H,26,28,29). The van der Waals surface area contributed by atoms with Crippen molar-refractivity contribution in [2.45, 2.75) is 6.54 Å². The van der Waals surface area contributed by atoms with Gasteiger partial charge in [-0.3, -0.25) is 4.98 Å². The highest BCUT2D eigenvalue weighted by atomic mass is 15.1. The molecule has 5 rings (SSSR count). The van der Waals surface area contributed by atoms with Crippen LogP contribution in [0.15, 0.2) is 85.3 Å². The third-order valence-corrected chi connectivity index (χ3v) is 4.66. The van der Waals surface area contributed by atoms with Crippen LogP contribution >= 0.6 is 0 Å². The van der Waals surface area contributed by atoms with Crippen LogP contribution in [0.4, 0.5) is 5.82 Å². The molecule has 0 bridgehead atoms. The van der Waals surface area contributed by atoms with Gasteiger partial charge in [-0.2, -0.15) is 0 Å². The molecule has 0 saturated heterocycles. The number of rotatable bonds is 5. The Balaban J connectivity index is 1.45. The molecule has 2 aromatic carbocycles. The summed E-state index contributed by atoms with van der Waals surface area (Å²) in [6, 6.07) is 22.0. The average molecular weight is 378 g/mol. The Morgan fingerprint density at radius 1 is 0.793 bits per heavy atom. The molecule has 3 heterocycles. The number of fused-ring (bicyclic) bond motifs is 1. The number of nitrogens with zero attached hydrogens (tertiary/aromatic N) is 4. The largest absolute Gasteiger partial charge is 0.362 e. The molecule has 2 N–H and O–H groups in total. The first kappa shape index (κ1) is 17.1. The summed E-state index contributed by atoms with van der Waals surface area (Å²) in [5, 5.41) is 4.38. The first-order valence-corrected chi connectivity index (χ1v) is 9.37. The predicted octanol–water partition coefficient (Wildman–Crippen LogP) is 4.69. The Morgan fingerprint density at radius 2 is 1.62 bits per heavy atom. The van der Waals surface area contributed by atoms with Crippen molar-refractivity contribution in [2.75, 3.05) is 5.32 Å². The van der Waals surface area contributed by atoms with Gasteiger partial charge in [-0.25, -0.2) is 15.0 Å². The number of imidazole rings is 1. The molecule has 0 aliphatic carbocycles. The van der Waals surface area contributed by atoms with Crippen molar-refractivity contribution in [3.63, 3.8) is 0 Å². The van der Waals surface area contributed by atoms with Crippen molar-refractivity contribution in [3.05, 3.63) is 91.1 Å². The summed E-state index contributed by atoms with van der Waals surface area (Å²) in [6.45, 7) is 0.528. The zero-order valence-electron chi connectivity index (χ0n) is 15.6. The Morgan fingerprint density at radius 3 is 2.48 bits per heavy atom. The van der Waals surface area contributed by atoms with Gasteiger partial charge in [0.25, 0.3) is 0 Å². The summed E-state index contributed by atoms with van der Waals surface area (Å²) >= 11 is 0. The number of H-pyrrole nitrogens is 1. The normalized spacial score (nSPS) is 10.9. The highest BCUT2D eigenvalue weighted by Crippen LogP contribution is 2.25. The van der Waals surface area contributed by atoms with Crippen LogP contribution < -0.4 is 5.32 Å². The van der Waals surface area contributed by atoms with Crippen LogP contribution in [0.1, 0.15) is 5.82 Å². The van der Waals surface area contributed by atoms with Crippen LogP contribution in [0.3, 0.4) is 0 Å². The number of hydrogen-bond acceptors (Lipinski definition) is 5. The second-order valence-corrected chi connectivity index (χ2v) is 6.62. The van der Waals surface area contributed by atoms with Gasteiger partial charge >= 0.3 is 0 Å². The van der Waals surface area contributed by atoms with Crippen molar-refractivity contribution in [2.24, 2.45) is 0 Å². The van der Waals surface area contributed by atoms with Crippen LogP contribution in [-0.2, 0) is 6.54 Å². The van der Waals surface area contributed by atoms with E-state index in [9.17, 15) is 0 Å². The van der Waals surface area contributed by atoms with Crippen molar-refractivity contribution in [1.29, 1.82) is 0 Å². The van der Waals surface area contributed by atoms with E-state index in [1.54, 1.807) is 12.4 Å². The summed E-state index contributed by atoms with van der Waals surface area (Å²) in [5.41, 5.74) is 3.86. The van der Waals surface area contributed by atoms with Crippen LogP contribution in [0, 0.1) is 0 Å². The number of aromatic amines is 1. The van der Waals surface area contributed by atoms with E-state index in [2.05, 4.69) is 32.4 Å². The van der Waals surface area contributed by atoms with Crippen LogP contribution in [0.25, 0.3) is 33.5 Å². The maximum Gasteiger partial charge on any atom is 0.163 e. The summed E-state index contributed by atoms with van der Waals surface area (Å²) in [7, 11) is 0. The zero-order valence-corrected chi connectivity index (χ0v) is 15.6. The van der Waals surface area contributed by atoms with E-state index < -0.39 is 0 Å². The molecule has 29 heavy (non-hydrogen) atoms. The highest BCUT2D eigenvalue weighted by Gasteiger charge is 2.10. The minimum absolute atomic E-state index is 0.528. The lowest BCUT2D eigenvalue weighted by atomic mass is 10.2. The van der Waals surface area contributed by atoms with Gasteiger partial charge in [-0.05, 0) is 29.8 Å². The Labute approximate surface area is 167 Å².